The number of sulfonamides is 1. The van der Waals surface area contributed by atoms with E-state index in [1.54, 1.807) is 0 Å². The third-order valence-electron chi connectivity index (χ3n) is 3.75. The van der Waals surface area contributed by atoms with Crippen LogP contribution in [0, 0.1) is 0 Å². The highest BCUT2D eigenvalue weighted by molar-refractivity contribution is 7.89. The number of likely N-dealkylation sites (N-methyl/N-ethyl adjacent to an activating group) is 1. The smallest absolute Gasteiger partial charge is 0.266 e. The third kappa shape index (κ3) is 2.76. The molecule has 1 aromatic rings. The van der Waals surface area contributed by atoms with E-state index >= 15 is 0 Å². The number of H-pyrrole nitrogens is 1. The van der Waals surface area contributed by atoms with E-state index in [0.29, 0.717) is 19.6 Å². The second-order valence-corrected chi connectivity index (χ2v) is 7.93. The van der Waals surface area contributed by atoms with E-state index in [1.807, 2.05) is 20.9 Å². The van der Waals surface area contributed by atoms with Gasteiger partial charge in [0.2, 0.25) is 10.0 Å². The Bertz CT molecular complexity index is 669. The molecule has 112 valence electrons. The minimum Gasteiger partial charge on any atom is -0.326 e. The van der Waals surface area contributed by atoms with Gasteiger partial charge in [-0.05, 0) is 27.0 Å². The fourth-order valence-corrected chi connectivity index (χ4v) is 3.95. The lowest BCUT2D eigenvalue weighted by molar-refractivity contribution is 0.0801. The first-order valence-electron chi connectivity index (χ1n) is 6.24. The fourth-order valence-electron chi connectivity index (χ4n) is 2.14. The Hall–Kier alpha value is -0.890. The van der Waals surface area contributed by atoms with Crippen molar-refractivity contribution in [3.8, 4) is 0 Å². The Morgan fingerprint density at radius 2 is 2.00 bits per heavy atom. The normalized spacial score (nSPS) is 21.0. The number of aromatic nitrogens is 1. The highest BCUT2D eigenvalue weighted by Crippen LogP contribution is 2.24. The maximum atomic E-state index is 12.6. The molecule has 0 saturated carbocycles. The number of piperazine rings is 1. The number of nitrogens with one attached hydrogen (secondary N) is 1. The zero-order valence-electron chi connectivity index (χ0n) is 11.7. The Kier molecular flexibility index (Phi) is 3.98. The molecule has 8 heteroatoms. The first kappa shape index (κ1) is 15.5. The summed E-state index contributed by atoms with van der Waals surface area (Å²) in [6.45, 7) is 5.45. The molecule has 1 N–H and O–H groups in total. The molecule has 2 rings (SSSR count). The van der Waals surface area contributed by atoms with Crippen LogP contribution in [0.5, 0.6) is 0 Å². The molecule has 0 aliphatic carbocycles. The standard InChI is InChI=1S/C12H18ClN3O3S/c1-12(2)8-16(5-4-15(12)3)20(18,19)9-6-10(13)11(17)14-7-9/h6-7H,4-5,8H2,1-3H3,(H,14,17). The van der Waals surface area contributed by atoms with Crippen LogP contribution in [0.3, 0.4) is 0 Å². The van der Waals surface area contributed by atoms with Crippen molar-refractivity contribution in [2.45, 2.75) is 24.3 Å². The lowest BCUT2D eigenvalue weighted by atomic mass is 10.0. The molecular formula is C12H18ClN3O3S. The maximum absolute atomic E-state index is 12.6. The van der Waals surface area contributed by atoms with Crippen molar-refractivity contribution in [1.29, 1.82) is 0 Å². The molecule has 0 aromatic carbocycles. The van der Waals surface area contributed by atoms with E-state index in [4.69, 9.17) is 11.6 Å². The van der Waals surface area contributed by atoms with Gasteiger partial charge < -0.3 is 4.98 Å². The topological polar surface area (TPSA) is 73.5 Å². The average molecular weight is 320 g/mol. The minimum absolute atomic E-state index is 0.0162. The lowest BCUT2D eigenvalue weighted by Gasteiger charge is -2.44. The van der Waals surface area contributed by atoms with Crippen LogP contribution in [0.1, 0.15) is 13.8 Å². The summed E-state index contributed by atoms with van der Waals surface area (Å²) < 4.78 is 26.6. The molecule has 1 aliphatic rings. The Labute approximate surface area is 123 Å². The molecule has 20 heavy (non-hydrogen) atoms. The van der Waals surface area contributed by atoms with Gasteiger partial charge in [-0.1, -0.05) is 11.6 Å². The second kappa shape index (κ2) is 5.14. The number of nitrogens with zero attached hydrogens (tertiary/aromatic N) is 2. The van der Waals surface area contributed by atoms with Gasteiger partial charge in [0, 0.05) is 31.4 Å². The monoisotopic (exact) mass is 319 g/mol. The number of rotatable bonds is 2. The van der Waals surface area contributed by atoms with Crippen molar-refractivity contribution < 1.29 is 8.42 Å². The highest BCUT2D eigenvalue weighted by Gasteiger charge is 2.37. The Balaban J connectivity index is 2.36. The molecule has 6 nitrogen and oxygen atoms in total. The molecule has 0 radical (unpaired) electrons. The quantitative estimate of drug-likeness (QED) is 0.872. The molecule has 0 unspecified atom stereocenters. The van der Waals surface area contributed by atoms with Crippen LogP contribution in [0.25, 0.3) is 0 Å². The van der Waals surface area contributed by atoms with Crippen LogP contribution in [0.15, 0.2) is 22.0 Å². The van der Waals surface area contributed by atoms with Crippen molar-refractivity contribution in [1.82, 2.24) is 14.2 Å². The van der Waals surface area contributed by atoms with Crippen LogP contribution in [0.2, 0.25) is 5.02 Å². The number of halogens is 1. The molecule has 1 fully saturated rings. The number of hydrogen-bond acceptors (Lipinski definition) is 4. The largest absolute Gasteiger partial charge is 0.326 e. The van der Waals surface area contributed by atoms with Gasteiger partial charge in [-0.3, -0.25) is 9.69 Å². The van der Waals surface area contributed by atoms with Gasteiger partial charge in [-0.2, -0.15) is 4.31 Å². The Morgan fingerprint density at radius 1 is 1.35 bits per heavy atom. The molecule has 1 saturated heterocycles. The SMILES string of the molecule is CN1CCN(S(=O)(=O)c2c[nH]c(=O)c(Cl)c2)CC1(C)C. The number of hydrogen-bond donors (Lipinski definition) is 1. The predicted molar refractivity (Wildman–Crippen MR) is 77.5 cm³/mol. The van der Waals surface area contributed by atoms with Gasteiger partial charge in [-0.25, -0.2) is 8.42 Å². The van der Waals surface area contributed by atoms with Crippen molar-refractivity contribution in [3.05, 3.63) is 27.6 Å². The summed E-state index contributed by atoms with van der Waals surface area (Å²) in [5.74, 6) is 0. The van der Waals surface area contributed by atoms with Gasteiger partial charge in [0.05, 0.1) is 4.90 Å². The fraction of sp³-hybridized carbons (Fsp3) is 0.583. The highest BCUT2D eigenvalue weighted by atomic mass is 35.5. The lowest BCUT2D eigenvalue weighted by Crippen LogP contribution is -2.58. The van der Waals surface area contributed by atoms with Gasteiger partial charge in [-0.15, -0.1) is 0 Å². The van der Waals surface area contributed by atoms with Crippen molar-refractivity contribution in [3.63, 3.8) is 0 Å². The summed E-state index contributed by atoms with van der Waals surface area (Å²) in [6, 6.07) is 1.20. The summed E-state index contributed by atoms with van der Waals surface area (Å²) in [4.78, 5) is 15.7. The molecule has 0 amide bonds. The predicted octanol–water partition coefficient (Wildman–Crippen LogP) is 0.743. The zero-order chi connectivity index (χ0) is 15.1. The van der Waals surface area contributed by atoms with E-state index in [2.05, 4.69) is 9.88 Å². The second-order valence-electron chi connectivity index (χ2n) is 5.59. The molecule has 2 heterocycles. The summed E-state index contributed by atoms with van der Waals surface area (Å²) in [5, 5.41) is -0.125. The average Bonchev–Trinajstić information content (AvgIpc) is 2.35. The van der Waals surface area contributed by atoms with Crippen LogP contribution in [0.4, 0.5) is 0 Å². The van der Waals surface area contributed by atoms with Crippen LogP contribution in [-0.2, 0) is 10.0 Å². The minimum atomic E-state index is -3.64. The van der Waals surface area contributed by atoms with Crippen LogP contribution < -0.4 is 5.56 Å². The van der Waals surface area contributed by atoms with E-state index in [0.717, 1.165) is 0 Å². The third-order valence-corrected chi connectivity index (χ3v) is 5.85. The zero-order valence-corrected chi connectivity index (χ0v) is 13.3. The van der Waals surface area contributed by atoms with E-state index in [-0.39, 0.29) is 15.5 Å². The maximum Gasteiger partial charge on any atom is 0.266 e. The summed E-state index contributed by atoms with van der Waals surface area (Å²) in [6.07, 6.45) is 1.19. The molecule has 0 spiro atoms. The number of aromatic amines is 1. The molecule has 0 bridgehead atoms. The van der Waals surface area contributed by atoms with Crippen molar-refractivity contribution >= 4 is 21.6 Å². The summed E-state index contributed by atoms with van der Waals surface area (Å²) in [7, 11) is -1.67. The van der Waals surface area contributed by atoms with Crippen molar-refractivity contribution in [2.24, 2.45) is 0 Å². The number of pyridine rings is 1. The summed E-state index contributed by atoms with van der Waals surface area (Å²) >= 11 is 5.70. The van der Waals surface area contributed by atoms with E-state index in [1.165, 1.54) is 16.6 Å². The van der Waals surface area contributed by atoms with Crippen LogP contribution in [-0.4, -0.2) is 54.8 Å². The molecule has 1 aromatic heterocycles. The van der Waals surface area contributed by atoms with Gasteiger partial charge in [0.25, 0.3) is 5.56 Å². The van der Waals surface area contributed by atoms with Gasteiger partial charge >= 0.3 is 0 Å². The van der Waals surface area contributed by atoms with Gasteiger partial charge in [0.1, 0.15) is 5.02 Å². The van der Waals surface area contributed by atoms with E-state index in [9.17, 15) is 13.2 Å². The molecule has 0 atom stereocenters. The van der Waals surface area contributed by atoms with Gasteiger partial charge in [0.15, 0.2) is 0 Å². The van der Waals surface area contributed by atoms with Crippen LogP contribution >= 0.6 is 11.6 Å². The summed E-state index contributed by atoms with van der Waals surface area (Å²) in [5.41, 5.74) is -0.735. The first-order chi connectivity index (χ1) is 9.14. The Morgan fingerprint density at radius 3 is 2.55 bits per heavy atom. The van der Waals surface area contributed by atoms with E-state index < -0.39 is 15.6 Å². The first-order valence-corrected chi connectivity index (χ1v) is 8.06. The van der Waals surface area contributed by atoms with Crippen molar-refractivity contribution in [2.75, 3.05) is 26.7 Å². The molecular weight excluding hydrogens is 302 g/mol. The molecule has 1 aliphatic heterocycles.